The summed E-state index contributed by atoms with van der Waals surface area (Å²) in [6, 6.07) is 7.44. The molecule has 1 aromatic heterocycles. The van der Waals surface area contributed by atoms with Gasteiger partial charge in [0.15, 0.2) is 0 Å². The number of sulfone groups is 1. The zero-order chi connectivity index (χ0) is 12.5. The summed E-state index contributed by atoms with van der Waals surface area (Å²) in [7, 11) is -3.45. The molecule has 2 rings (SSSR count). The summed E-state index contributed by atoms with van der Waals surface area (Å²) in [5.41, 5.74) is 0.699. The largest absolute Gasteiger partial charge is 0.408 e. The van der Waals surface area contributed by atoms with Crippen molar-refractivity contribution >= 4 is 21.6 Å². The van der Waals surface area contributed by atoms with Crippen molar-refractivity contribution in [1.82, 2.24) is 10.2 Å². The van der Waals surface area contributed by atoms with Crippen LogP contribution in [0.3, 0.4) is 0 Å². The van der Waals surface area contributed by atoms with E-state index in [0.717, 1.165) is 11.2 Å². The summed E-state index contributed by atoms with van der Waals surface area (Å²) in [5.74, 6) is 0.207. The van der Waals surface area contributed by atoms with Crippen molar-refractivity contribution < 1.29 is 12.8 Å². The first-order chi connectivity index (χ1) is 8.00. The minimum atomic E-state index is -3.45. The lowest BCUT2D eigenvalue weighted by Gasteiger charge is -1.97. The van der Waals surface area contributed by atoms with Crippen LogP contribution in [0.1, 0.15) is 0 Å². The second-order valence-corrected chi connectivity index (χ2v) is 6.15. The molecule has 0 atom stereocenters. The van der Waals surface area contributed by atoms with Crippen LogP contribution in [0.5, 0.6) is 0 Å². The molecule has 0 aliphatic carbocycles. The van der Waals surface area contributed by atoms with Crippen molar-refractivity contribution in [1.29, 1.82) is 0 Å². The Balaban J connectivity index is 2.37. The van der Waals surface area contributed by atoms with Gasteiger partial charge in [-0.25, -0.2) is 8.42 Å². The summed E-state index contributed by atoms with van der Waals surface area (Å²) >= 11 is 1.62. The highest BCUT2D eigenvalue weighted by atomic mass is 32.2. The van der Waals surface area contributed by atoms with Gasteiger partial charge >= 0.3 is 5.22 Å². The quantitative estimate of drug-likeness (QED) is 0.793. The molecule has 0 saturated heterocycles. The third-order valence-electron chi connectivity index (χ3n) is 2.06. The van der Waals surface area contributed by atoms with Crippen LogP contribution in [0.25, 0.3) is 11.5 Å². The highest BCUT2D eigenvalue weighted by Gasteiger charge is 2.17. The number of rotatable bonds is 3. The SMILES string of the molecule is CSc1ccc(-c2nnc(S(C)(=O)=O)o2)cc1. The number of hydrogen-bond acceptors (Lipinski definition) is 6. The maximum absolute atomic E-state index is 11.2. The Labute approximate surface area is 103 Å². The Hall–Kier alpha value is -1.34. The number of hydrogen-bond donors (Lipinski definition) is 0. The van der Waals surface area contributed by atoms with Crippen molar-refractivity contribution in [2.75, 3.05) is 12.5 Å². The highest BCUT2D eigenvalue weighted by Crippen LogP contribution is 2.22. The van der Waals surface area contributed by atoms with E-state index in [2.05, 4.69) is 10.2 Å². The topological polar surface area (TPSA) is 73.1 Å². The summed E-state index contributed by atoms with van der Waals surface area (Å²) in [6.07, 6.45) is 3.00. The summed E-state index contributed by atoms with van der Waals surface area (Å²) in [6.45, 7) is 0. The highest BCUT2D eigenvalue weighted by molar-refractivity contribution is 7.98. The monoisotopic (exact) mass is 270 g/mol. The van der Waals surface area contributed by atoms with Gasteiger partial charge < -0.3 is 4.42 Å². The smallest absolute Gasteiger partial charge is 0.335 e. The molecule has 1 aromatic carbocycles. The van der Waals surface area contributed by atoms with E-state index in [1.165, 1.54) is 0 Å². The number of thioether (sulfide) groups is 1. The first kappa shape index (κ1) is 12.1. The fraction of sp³-hybridized carbons (Fsp3) is 0.200. The first-order valence-corrected chi connectivity index (χ1v) is 7.80. The van der Waals surface area contributed by atoms with Crippen LogP contribution in [0.15, 0.2) is 38.8 Å². The van der Waals surface area contributed by atoms with Gasteiger partial charge in [-0.05, 0) is 30.5 Å². The molecular weight excluding hydrogens is 260 g/mol. The van der Waals surface area contributed by atoms with E-state index in [0.29, 0.717) is 5.56 Å². The van der Waals surface area contributed by atoms with Crippen LogP contribution in [0.4, 0.5) is 0 Å². The van der Waals surface area contributed by atoms with Crippen molar-refractivity contribution in [2.24, 2.45) is 0 Å². The molecule has 7 heteroatoms. The number of aromatic nitrogens is 2. The zero-order valence-corrected chi connectivity index (χ0v) is 10.9. The molecule has 2 aromatic rings. The van der Waals surface area contributed by atoms with Gasteiger partial charge in [0, 0.05) is 16.7 Å². The second kappa shape index (κ2) is 4.50. The van der Waals surface area contributed by atoms with Crippen LogP contribution in [0, 0.1) is 0 Å². The minimum Gasteiger partial charge on any atom is -0.408 e. The molecule has 0 radical (unpaired) electrons. The van der Waals surface area contributed by atoms with E-state index < -0.39 is 9.84 Å². The maximum atomic E-state index is 11.2. The predicted molar refractivity (Wildman–Crippen MR) is 64.6 cm³/mol. The molecule has 0 fully saturated rings. The standard InChI is InChI=1S/C10H10N2O3S2/c1-16-8-5-3-7(4-6-8)9-11-12-10(15-9)17(2,13)14/h3-6H,1-2H3. The number of benzene rings is 1. The van der Waals surface area contributed by atoms with Crippen LogP contribution in [-0.4, -0.2) is 31.1 Å². The molecule has 17 heavy (non-hydrogen) atoms. The van der Waals surface area contributed by atoms with Gasteiger partial charge in [0.2, 0.25) is 15.7 Å². The summed E-state index contributed by atoms with van der Waals surface area (Å²) in [5, 5.41) is 6.84. The second-order valence-electron chi connectivity index (χ2n) is 3.37. The molecule has 5 nitrogen and oxygen atoms in total. The molecule has 0 aliphatic rings. The molecule has 0 aliphatic heterocycles. The molecule has 1 heterocycles. The van der Waals surface area contributed by atoms with Gasteiger partial charge in [-0.2, -0.15) is 0 Å². The Morgan fingerprint density at radius 3 is 2.29 bits per heavy atom. The molecule has 0 saturated carbocycles. The molecule has 0 spiro atoms. The normalized spacial score (nSPS) is 11.6. The van der Waals surface area contributed by atoms with Crippen LogP contribution < -0.4 is 0 Å². The Kier molecular flexibility index (Phi) is 3.21. The summed E-state index contributed by atoms with van der Waals surface area (Å²) in [4.78, 5) is 1.11. The molecule has 0 bridgehead atoms. The van der Waals surface area contributed by atoms with Gasteiger partial charge in [-0.1, -0.05) is 5.10 Å². The molecule has 0 unspecified atom stereocenters. The van der Waals surface area contributed by atoms with E-state index in [1.54, 1.807) is 11.8 Å². The Bertz CT molecular complexity index is 617. The average Bonchev–Trinajstić information content (AvgIpc) is 2.78. The van der Waals surface area contributed by atoms with Crippen molar-refractivity contribution in [2.45, 2.75) is 10.1 Å². The van der Waals surface area contributed by atoms with Crippen molar-refractivity contribution in [3.05, 3.63) is 24.3 Å². The molecule has 0 N–H and O–H groups in total. The fourth-order valence-electron chi connectivity index (χ4n) is 1.21. The van der Waals surface area contributed by atoms with Crippen molar-refractivity contribution in [3.8, 4) is 11.5 Å². The first-order valence-electron chi connectivity index (χ1n) is 4.68. The van der Waals surface area contributed by atoms with Gasteiger partial charge in [0.25, 0.3) is 0 Å². The predicted octanol–water partition coefficient (Wildman–Crippen LogP) is 1.86. The molecule has 90 valence electrons. The minimum absolute atomic E-state index is 0.207. The third-order valence-corrected chi connectivity index (χ3v) is 3.60. The third kappa shape index (κ3) is 2.67. The van der Waals surface area contributed by atoms with E-state index in [9.17, 15) is 8.42 Å². The maximum Gasteiger partial charge on any atom is 0.335 e. The Morgan fingerprint density at radius 2 is 1.82 bits per heavy atom. The van der Waals surface area contributed by atoms with Crippen LogP contribution in [-0.2, 0) is 9.84 Å². The average molecular weight is 270 g/mol. The number of nitrogens with zero attached hydrogens (tertiary/aromatic N) is 2. The Morgan fingerprint density at radius 1 is 1.18 bits per heavy atom. The summed E-state index contributed by atoms with van der Waals surface area (Å²) < 4.78 is 27.4. The molecular formula is C10H10N2O3S2. The van der Waals surface area contributed by atoms with Gasteiger partial charge in [0.1, 0.15) is 0 Å². The van der Waals surface area contributed by atoms with Crippen LogP contribution >= 0.6 is 11.8 Å². The van der Waals surface area contributed by atoms with Gasteiger partial charge in [0.05, 0.1) is 0 Å². The fourth-order valence-corrected chi connectivity index (χ4v) is 2.04. The molecule has 0 amide bonds. The van der Waals surface area contributed by atoms with E-state index in [-0.39, 0.29) is 11.1 Å². The van der Waals surface area contributed by atoms with Gasteiger partial charge in [-0.3, -0.25) is 0 Å². The van der Waals surface area contributed by atoms with E-state index in [1.807, 2.05) is 30.5 Å². The van der Waals surface area contributed by atoms with Crippen molar-refractivity contribution in [3.63, 3.8) is 0 Å². The zero-order valence-electron chi connectivity index (χ0n) is 9.25. The lowest BCUT2D eigenvalue weighted by Crippen LogP contribution is -1.96. The van der Waals surface area contributed by atoms with E-state index >= 15 is 0 Å². The van der Waals surface area contributed by atoms with Crippen LogP contribution in [0.2, 0.25) is 0 Å². The van der Waals surface area contributed by atoms with E-state index in [4.69, 9.17) is 4.42 Å². The lowest BCUT2D eigenvalue weighted by atomic mass is 10.2. The van der Waals surface area contributed by atoms with Gasteiger partial charge in [-0.15, -0.1) is 16.9 Å². The lowest BCUT2D eigenvalue weighted by molar-refractivity contribution is 0.442.